The van der Waals surface area contributed by atoms with Crippen molar-refractivity contribution in [3.8, 4) is 0 Å². The second kappa shape index (κ2) is 6.39. The molecule has 0 fully saturated rings. The van der Waals surface area contributed by atoms with E-state index in [4.69, 9.17) is 11.5 Å². The van der Waals surface area contributed by atoms with Crippen molar-refractivity contribution in [2.45, 2.75) is 20.8 Å². The minimum absolute atomic E-state index is 0.0159. The van der Waals surface area contributed by atoms with Gasteiger partial charge in [-0.25, -0.2) is 0 Å². The zero-order valence-corrected chi connectivity index (χ0v) is 13.3. The molecule has 0 heterocycles. The minimum Gasteiger partial charge on any atom is -0.371 e. The molecule has 0 atom stereocenters. The molecule has 1 aromatic rings. The summed E-state index contributed by atoms with van der Waals surface area (Å²) in [6, 6.07) is 5.59. The van der Waals surface area contributed by atoms with Gasteiger partial charge in [-0.2, -0.15) is 0 Å². The highest BCUT2D eigenvalue weighted by Crippen LogP contribution is 2.27. The maximum atomic E-state index is 11.6. The third-order valence-corrected chi connectivity index (χ3v) is 3.61. The maximum absolute atomic E-state index is 11.6. The van der Waals surface area contributed by atoms with Crippen LogP contribution in [0.1, 0.15) is 31.1 Å². The van der Waals surface area contributed by atoms with E-state index in [1.54, 1.807) is 6.07 Å². The standard InChI is InChI=1S/C14H22BrN3O/c1-4-18(9-14(2,3)8-16)12-6-5-10(15)7-11(12)13(17)19/h5-7H,4,8-9,16H2,1-3H3,(H2,17,19). The summed E-state index contributed by atoms with van der Waals surface area (Å²) >= 11 is 3.36. The number of primary amides is 1. The van der Waals surface area contributed by atoms with Gasteiger partial charge >= 0.3 is 0 Å². The third kappa shape index (κ3) is 4.21. The van der Waals surface area contributed by atoms with Crippen LogP contribution in [0.3, 0.4) is 0 Å². The van der Waals surface area contributed by atoms with Gasteiger partial charge in [0.05, 0.1) is 5.56 Å². The molecule has 4 N–H and O–H groups in total. The largest absolute Gasteiger partial charge is 0.371 e. The molecule has 0 saturated heterocycles. The number of hydrogen-bond acceptors (Lipinski definition) is 3. The first kappa shape index (κ1) is 16.0. The van der Waals surface area contributed by atoms with Gasteiger partial charge in [0.2, 0.25) is 0 Å². The van der Waals surface area contributed by atoms with Gasteiger partial charge in [-0.3, -0.25) is 4.79 Å². The summed E-state index contributed by atoms with van der Waals surface area (Å²) in [7, 11) is 0. The molecule has 4 nitrogen and oxygen atoms in total. The Hall–Kier alpha value is -1.07. The summed E-state index contributed by atoms with van der Waals surface area (Å²) in [5.74, 6) is -0.416. The predicted molar refractivity (Wildman–Crippen MR) is 83.4 cm³/mol. The van der Waals surface area contributed by atoms with Crippen LogP contribution in [0.2, 0.25) is 0 Å². The van der Waals surface area contributed by atoms with E-state index in [1.165, 1.54) is 0 Å². The smallest absolute Gasteiger partial charge is 0.250 e. The molecule has 0 unspecified atom stereocenters. The van der Waals surface area contributed by atoms with Crippen molar-refractivity contribution in [2.75, 3.05) is 24.5 Å². The normalized spacial score (nSPS) is 11.4. The Balaban J connectivity index is 3.15. The molecule has 5 heteroatoms. The minimum atomic E-state index is -0.416. The van der Waals surface area contributed by atoms with Crippen molar-refractivity contribution in [3.63, 3.8) is 0 Å². The van der Waals surface area contributed by atoms with Crippen LogP contribution >= 0.6 is 15.9 Å². The summed E-state index contributed by atoms with van der Waals surface area (Å²) in [6.45, 7) is 8.44. The average molecular weight is 328 g/mol. The number of rotatable bonds is 6. The number of amides is 1. The Morgan fingerprint density at radius 1 is 1.42 bits per heavy atom. The first-order chi connectivity index (χ1) is 8.80. The van der Waals surface area contributed by atoms with Gasteiger partial charge in [0, 0.05) is 23.2 Å². The molecule has 0 aliphatic heterocycles. The van der Waals surface area contributed by atoms with Crippen molar-refractivity contribution >= 4 is 27.5 Å². The second-order valence-corrected chi connectivity index (χ2v) is 6.32. The van der Waals surface area contributed by atoms with Crippen molar-refractivity contribution in [3.05, 3.63) is 28.2 Å². The number of nitrogens with two attached hydrogens (primary N) is 2. The van der Waals surface area contributed by atoms with Crippen LogP contribution in [0.25, 0.3) is 0 Å². The Kier molecular flexibility index (Phi) is 5.38. The summed E-state index contributed by atoms with van der Waals surface area (Å²) in [5, 5.41) is 0. The van der Waals surface area contributed by atoms with Crippen molar-refractivity contribution < 1.29 is 4.79 Å². The molecular formula is C14H22BrN3O. The van der Waals surface area contributed by atoms with E-state index in [1.807, 2.05) is 12.1 Å². The van der Waals surface area contributed by atoms with E-state index in [0.717, 1.165) is 23.2 Å². The Morgan fingerprint density at radius 2 is 2.05 bits per heavy atom. The number of hydrogen-bond donors (Lipinski definition) is 2. The topological polar surface area (TPSA) is 72.3 Å². The molecule has 1 aromatic carbocycles. The molecule has 0 aliphatic carbocycles. The van der Waals surface area contributed by atoms with Gasteiger partial charge in [0.15, 0.2) is 0 Å². The lowest BCUT2D eigenvalue weighted by molar-refractivity contribution is 0.100. The summed E-state index contributed by atoms with van der Waals surface area (Å²) < 4.78 is 0.846. The molecule has 1 amide bonds. The van der Waals surface area contributed by atoms with Gasteiger partial charge in [-0.15, -0.1) is 0 Å². The lowest BCUT2D eigenvalue weighted by Gasteiger charge is -2.33. The van der Waals surface area contributed by atoms with Crippen molar-refractivity contribution in [1.29, 1.82) is 0 Å². The van der Waals surface area contributed by atoms with E-state index in [0.29, 0.717) is 12.1 Å². The lowest BCUT2D eigenvalue weighted by Crippen LogP contribution is -2.39. The van der Waals surface area contributed by atoms with Crippen LogP contribution in [-0.4, -0.2) is 25.5 Å². The van der Waals surface area contributed by atoms with Crippen LogP contribution in [0.5, 0.6) is 0 Å². The summed E-state index contributed by atoms with van der Waals surface area (Å²) in [6.07, 6.45) is 0. The van der Waals surface area contributed by atoms with Gasteiger partial charge < -0.3 is 16.4 Å². The fourth-order valence-corrected chi connectivity index (χ4v) is 2.29. The number of anilines is 1. The highest BCUT2D eigenvalue weighted by Gasteiger charge is 2.22. The molecular weight excluding hydrogens is 306 g/mol. The average Bonchev–Trinajstić information content (AvgIpc) is 2.36. The molecule has 0 aromatic heterocycles. The first-order valence-corrected chi connectivity index (χ1v) is 7.14. The predicted octanol–water partition coefficient (Wildman–Crippen LogP) is 2.36. The van der Waals surface area contributed by atoms with E-state index in [9.17, 15) is 4.79 Å². The number of carbonyl (C=O) groups is 1. The summed E-state index contributed by atoms with van der Waals surface area (Å²) in [5.41, 5.74) is 12.6. The fraction of sp³-hybridized carbons (Fsp3) is 0.500. The van der Waals surface area contributed by atoms with Gasteiger partial charge in [-0.05, 0) is 37.1 Å². The molecule has 19 heavy (non-hydrogen) atoms. The molecule has 0 radical (unpaired) electrons. The first-order valence-electron chi connectivity index (χ1n) is 6.35. The Bertz CT molecular complexity index is 460. The summed E-state index contributed by atoms with van der Waals surface area (Å²) in [4.78, 5) is 13.7. The molecule has 0 spiro atoms. The highest BCUT2D eigenvalue weighted by atomic mass is 79.9. The molecule has 1 rings (SSSR count). The zero-order valence-electron chi connectivity index (χ0n) is 11.7. The van der Waals surface area contributed by atoms with Gasteiger partial charge in [0.25, 0.3) is 5.91 Å². The van der Waals surface area contributed by atoms with Crippen molar-refractivity contribution in [1.82, 2.24) is 0 Å². The van der Waals surface area contributed by atoms with Crippen LogP contribution in [-0.2, 0) is 0 Å². The van der Waals surface area contributed by atoms with E-state index in [-0.39, 0.29) is 5.41 Å². The maximum Gasteiger partial charge on any atom is 0.250 e. The molecule has 0 aliphatic rings. The van der Waals surface area contributed by atoms with Crippen molar-refractivity contribution in [2.24, 2.45) is 16.9 Å². The third-order valence-electron chi connectivity index (χ3n) is 3.12. The van der Waals surface area contributed by atoms with E-state index < -0.39 is 5.91 Å². The monoisotopic (exact) mass is 327 g/mol. The number of nitrogens with zero attached hydrogens (tertiary/aromatic N) is 1. The van der Waals surface area contributed by atoms with E-state index >= 15 is 0 Å². The SMILES string of the molecule is CCN(CC(C)(C)CN)c1ccc(Br)cc1C(N)=O. The number of halogens is 1. The van der Waals surface area contributed by atoms with Crippen LogP contribution in [0, 0.1) is 5.41 Å². The van der Waals surface area contributed by atoms with Gasteiger partial charge in [-0.1, -0.05) is 29.8 Å². The molecule has 0 saturated carbocycles. The quantitative estimate of drug-likeness (QED) is 0.842. The van der Waals surface area contributed by atoms with E-state index in [2.05, 4.69) is 41.6 Å². The van der Waals surface area contributed by atoms with Crippen LogP contribution in [0.4, 0.5) is 5.69 Å². The molecule has 0 bridgehead atoms. The second-order valence-electron chi connectivity index (χ2n) is 5.41. The number of carbonyl (C=O) groups excluding carboxylic acids is 1. The number of benzene rings is 1. The Labute approximate surface area is 123 Å². The Morgan fingerprint density at radius 3 is 2.53 bits per heavy atom. The lowest BCUT2D eigenvalue weighted by atomic mass is 9.92. The van der Waals surface area contributed by atoms with Gasteiger partial charge in [0.1, 0.15) is 0 Å². The fourth-order valence-electron chi connectivity index (χ4n) is 1.93. The molecule has 106 valence electrons. The zero-order chi connectivity index (χ0) is 14.6. The van der Waals surface area contributed by atoms with Crippen LogP contribution < -0.4 is 16.4 Å². The highest BCUT2D eigenvalue weighted by molar-refractivity contribution is 9.10. The van der Waals surface area contributed by atoms with Crippen LogP contribution in [0.15, 0.2) is 22.7 Å².